The summed E-state index contributed by atoms with van der Waals surface area (Å²) in [5.74, 6) is 6.00. The van der Waals surface area contributed by atoms with Gasteiger partial charge >= 0.3 is 0 Å². The van der Waals surface area contributed by atoms with Crippen LogP contribution in [-0.4, -0.2) is 11.6 Å². The molecule has 34 heavy (non-hydrogen) atoms. The lowest BCUT2D eigenvalue weighted by atomic mass is 9.53. The summed E-state index contributed by atoms with van der Waals surface area (Å²) in [5, 5.41) is 0. The standard InChI is InChI=1S/C32H56O2/c1-19(16-27(34)28-20(2)13-14-22(4)30(28,7)8)12-15-25-18-26-24(6)32(26,11)29(31(25,9)10)21(3)17-23(5)33/h19-22,24-26,28-29H,12-18H2,1-11H3/t19?,20?,21?,22?,24?,25?,26?,28?,29?,32-/m0/s1. The quantitative estimate of drug-likeness (QED) is 0.336. The van der Waals surface area contributed by atoms with E-state index in [1.165, 1.54) is 25.7 Å². The molecule has 0 aromatic carbocycles. The lowest BCUT2D eigenvalue weighted by Crippen LogP contribution is -2.46. The fourth-order valence-electron chi connectivity index (χ4n) is 9.79. The first-order valence-corrected chi connectivity index (χ1v) is 14.6. The van der Waals surface area contributed by atoms with Gasteiger partial charge in [0.2, 0.25) is 0 Å². The highest BCUT2D eigenvalue weighted by Gasteiger charge is 2.70. The molecule has 2 nitrogen and oxygen atoms in total. The lowest BCUT2D eigenvalue weighted by Gasteiger charge is -2.52. The summed E-state index contributed by atoms with van der Waals surface area (Å²) in [4.78, 5) is 25.5. The van der Waals surface area contributed by atoms with Gasteiger partial charge < -0.3 is 4.79 Å². The van der Waals surface area contributed by atoms with Crippen molar-refractivity contribution in [3.8, 4) is 0 Å². The van der Waals surface area contributed by atoms with Crippen molar-refractivity contribution in [3.63, 3.8) is 0 Å². The van der Waals surface area contributed by atoms with E-state index < -0.39 is 0 Å². The molecule has 3 saturated carbocycles. The second-order valence-corrected chi connectivity index (χ2v) is 15.0. The van der Waals surface area contributed by atoms with Crippen LogP contribution in [0.5, 0.6) is 0 Å². The van der Waals surface area contributed by atoms with Crippen LogP contribution < -0.4 is 0 Å². The van der Waals surface area contributed by atoms with Crippen LogP contribution in [0.1, 0.15) is 121 Å². The van der Waals surface area contributed by atoms with Gasteiger partial charge in [-0.3, -0.25) is 4.79 Å². The molecule has 0 aliphatic heterocycles. The normalized spacial score (nSPS) is 42.4. The summed E-state index contributed by atoms with van der Waals surface area (Å²) in [5.41, 5.74) is 0.756. The summed E-state index contributed by atoms with van der Waals surface area (Å²) in [6, 6.07) is 0. The Morgan fingerprint density at radius 3 is 2.12 bits per heavy atom. The number of carbonyl (C=O) groups is 2. The number of Topliss-reactive ketones (excluding diaryl/α,β-unsaturated/α-hetero) is 2. The molecule has 10 atom stereocenters. The smallest absolute Gasteiger partial charge is 0.137 e. The molecular weight excluding hydrogens is 416 g/mol. The zero-order chi connectivity index (χ0) is 25.8. The fraction of sp³-hybridized carbons (Fsp3) is 0.938. The molecule has 3 fully saturated rings. The van der Waals surface area contributed by atoms with Crippen molar-refractivity contribution in [1.82, 2.24) is 0 Å². The van der Waals surface area contributed by atoms with Crippen LogP contribution in [0.15, 0.2) is 0 Å². The number of hydrogen-bond acceptors (Lipinski definition) is 2. The minimum absolute atomic E-state index is 0.118. The van der Waals surface area contributed by atoms with E-state index in [4.69, 9.17) is 0 Å². The second-order valence-electron chi connectivity index (χ2n) is 15.0. The number of fused-ring (bicyclic) bond motifs is 1. The van der Waals surface area contributed by atoms with Crippen LogP contribution in [0.3, 0.4) is 0 Å². The average molecular weight is 473 g/mol. The topological polar surface area (TPSA) is 34.1 Å². The van der Waals surface area contributed by atoms with Crippen LogP contribution in [0.25, 0.3) is 0 Å². The van der Waals surface area contributed by atoms with Gasteiger partial charge in [0.15, 0.2) is 0 Å². The SMILES string of the molecule is CC(=O)CC(C)C1C(C)(C)C(CCC(C)CC(=O)C2C(C)CCC(C)C2(C)C)CC2C(C)[C@@]21C. The Hall–Kier alpha value is -0.660. The van der Waals surface area contributed by atoms with Crippen LogP contribution >= 0.6 is 0 Å². The first-order chi connectivity index (χ1) is 15.6. The molecule has 2 heteroatoms. The second kappa shape index (κ2) is 9.66. The first kappa shape index (κ1) is 27.9. The molecule has 0 spiro atoms. The largest absolute Gasteiger partial charge is 0.300 e. The van der Waals surface area contributed by atoms with E-state index in [1.54, 1.807) is 6.92 Å². The van der Waals surface area contributed by atoms with Crippen LogP contribution in [0.4, 0.5) is 0 Å². The molecule has 0 N–H and O–H groups in total. The summed E-state index contributed by atoms with van der Waals surface area (Å²) in [6.07, 6.45) is 7.63. The third-order valence-corrected chi connectivity index (χ3v) is 12.1. The van der Waals surface area contributed by atoms with Crippen molar-refractivity contribution in [2.75, 3.05) is 0 Å². The van der Waals surface area contributed by atoms with Crippen molar-refractivity contribution in [3.05, 3.63) is 0 Å². The van der Waals surface area contributed by atoms with Crippen molar-refractivity contribution >= 4 is 11.6 Å². The van der Waals surface area contributed by atoms with Gasteiger partial charge in [-0.15, -0.1) is 0 Å². The van der Waals surface area contributed by atoms with Gasteiger partial charge in [0.25, 0.3) is 0 Å². The number of hydrogen-bond donors (Lipinski definition) is 0. The Kier molecular flexibility index (Phi) is 7.93. The molecule has 196 valence electrons. The number of ketones is 2. The molecule has 0 radical (unpaired) electrons. The zero-order valence-electron chi connectivity index (χ0n) is 24.5. The van der Waals surface area contributed by atoms with Gasteiger partial charge in [-0.1, -0.05) is 75.7 Å². The number of rotatable bonds is 9. The van der Waals surface area contributed by atoms with Gasteiger partial charge in [-0.2, -0.15) is 0 Å². The summed E-state index contributed by atoms with van der Waals surface area (Å²) in [6.45, 7) is 25.7. The monoisotopic (exact) mass is 472 g/mol. The van der Waals surface area contributed by atoms with Crippen molar-refractivity contribution in [2.45, 2.75) is 121 Å². The third kappa shape index (κ3) is 4.82. The van der Waals surface area contributed by atoms with Gasteiger partial charge in [-0.25, -0.2) is 0 Å². The Morgan fingerprint density at radius 1 is 0.912 bits per heavy atom. The Labute approximate surface area is 211 Å². The van der Waals surface area contributed by atoms with Crippen molar-refractivity contribution in [2.24, 2.45) is 69.5 Å². The minimum Gasteiger partial charge on any atom is -0.300 e. The zero-order valence-corrected chi connectivity index (χ0v) is 24.5. The average Bonchev–Trinajstić information content (AvgIpc) is 3.20. The molecule has 3 aliphatic carbocycles. The molecule has 0 bridgehead atoms. The maximum absolute atomic E-state index is 13.5. The Bertz CT molecular complexity index is 763. The molecule has 3 rings (SSSR count). The van der Waals surface area contributed by atoms with Gasteiger partial charge in [-0.05, 0) is 96.2 Å². The van der Waals surface area contributed by atoms with Crippen molar-refractivity contribution in [1.29, 1.82) is 0 Å². The summed E-state index contributed by atoms with van der Waals surface area (Å²) < 4.78 is 0. The van der Waals surface area contributed by atoms with E-state index in [2.05, 4.69) is 69.2 Å². The maximum Gasteiger partial charge on any atom is 0.137 e. The molecule has 0 aromatic heterocycles. The van der Waals surface area contributed by atoms with Gasteiger partial charge in [0.1, 0.15) is 11.6 Å². The molecule has 0 saturated heterocycles. The molecule has 0 aromatic rings. The highest BCUT2D eigenvalue weighted by Crippen LogP contribution is 2.75. The maximum atomic E-state index is 13.5. The van der Waals surface area contributed by atoms with Crippen LogP contribution in [0.2, 0.25) is 0 Å². The highest BCUT2D eigenvalue weighted by molar-refractivity contribution is 5.82. The highest BCUT2D eigenvalue weighted by atomic mass is 16.1. The van der Waals surface area contributed by atoms with Gasteiger partial charge in [0, 0.05) is 18.8 Å². The molecule has 3 aliphatic rings. The predicted octanol–water partition coefficient (Wildman–Crippen LogP) is 8.62. The first-order valence-electron chi connectivity index (χ1n) is 14.6. The van der Waals surface area contributed by atoms with E-state index in [9.17, 15) is 9.59 Å². The third-order valence-electron chi connectivity index (χ3n) is 12.1. The predicted molar refractivity (Wildman–Crippen MR) is 143 cm³/mol. The van der Waals surface area contributed by atoms with Crippen molar-refractivity contribution < 1.29 is 9.59 Å². The van der Waals surface area contributed by atoms with Gasteiger partial charge in [0.05, 0.1) is 0 Å². The lowest BCUT2D eigenvalue weighted by molar-refractivity contribution is -0.134. The Balaban J connectivity index is 1.65. The van der Waals surface area contributed by atoms with E-state index in [1.807, 2.05) is 0 Å². The molecule has 0 heterocycles. The minimum atomic E-state index is 0.118. The molecule has 0 amide bonds. The van der Waals surface area contributed by atoms with E-state index in [0.29, 0.717) is 58.9 Å². The molecular formula is C32H56O2. The summed E-state index contributed by atoms with van der Waals surface area (Å²) in [7, 11) is 0. The number of carbonyl (C=O) groups excluding carboxylic acids is 2. The van der Waals surface area contributed by atoms with E-state index in [-0.39, 0.29) is 16.7 Å². The fourth-order valence-corrected chi connectivity index (χ4v) is 9.79. The van der Waals surface area contributed by atoms with E-state index in [0.717, 1.165) is 24.7 Å². The Morgan fingerprint density at radius 2 is 1.53 bits per heavy atom. The summed E-state index contributed by atoms with van der Waals surface area (Å²) >= 11 is 0. The molecule has 9 unspecified atom stereocenters. The van der Waals surface area contributed by atoms with Crippen LogP contribution in [-0.2, 0) is 9.59 Å². The van der Waals surface area contributed by atoms with Crippen LogP contribution in [0, 0.1) is 69.5 Å². The van der Waals surface area contributed by atoms with E-state index >= 15 is 0 Å².